The van der Waals surface area contributed by atoms with Gasteiger partial charge < -0.3 is 14.0 Å². The molecule has 0 aliphatic rings. The minimum atomic E-state index is -2.39. The van der Waals surface area contributed by atoms with E-state index in [2.05, 4.69) is 209 Å². The Morgan fingerprint density at radius 3 is 1.88 bits per heavy atom. The van der Waals surface area contributed by atoms with Crippen LogP contribution in [0, 0.1) is 19.0 Å². The molecule has 11 rings (SSSR count). The van der Waals surface area contributed by atoms with E-state index in [1.165, 1.54) is 33.0 Å². The van der Waals surface area contributed by atoms with Gasteiger partial charge in [0.05, 0.1) is 22.4 Å². The topological polar surface area (TPSA) is 43.9 Å². The van der Waals surface area contributed by atoms with Gasteiger partial charge in [-0.1, -0.05) is 174 Å². The molecule has 5 heteroatoms. The molecule has 3 aromatic heterocycles. The Labute approximate surface area is 456 Å². The van der Waals surface area contributed by atoms with Gasteiger partial charge in [-0.05, 0) is 143 Å². The second-order valence-corrected chi connectivity index (χ2v) is 23.6. The zero-order chi connectivity index (χ0) is 54.2. The molecule has 0 aliphatic carbocycles. The standard InChI is InChI=1S/C54H53N2O.C15H16N.Ir/c1-31(2)43-26-37(36-24-38(53(6,7)8)29-39(25-36)54(9,10)11)27-44(32(3)4)50(43)56-49-33(5)16-14-21-47(49)55-52(56)42-20-15-19-41-46-30-45-35(28-48(46)57-51(41)42)23-22-34-17-12-13-18-40(34)45;1-15(2,3)13-9-10-16-14(11-13)12-7-5-4-6-8-12;/h12-19,21-32H,1-11H3;4-7,9-11H,1-3H3;/q2*-1;/i5D3;;. The van der Waals surface area contributed by atoms with Crippen LogP contribution in [-0.2, 0) is 36.4 Å². The van der Waals surface area contributed by atoms with Crippen molar-refractivity contribution < 1.29 is 28.6 Å². The summed E-state index contributed by atoms with van der Waals surface area (Å²) in [5.41, 5.74) is 15.1. The summed E-state index contributed by atoms with van der Waals surface area (Å²) in [6.45, 7) is 26.8. The van der Waals surface area contributed by atoms with Crippen LogP contribution in [0.25, 0.3) is 94.0 Å². The summed E-state index contributed by atoms with van der Waals surface area (Å²) in [6, 6.07) is 57.2. The summed E-state index contributed by atoms with van der Waals surface area (Å²) in [5.74, 6) is 0.773. The molecule has 0 fully saturated rings. The van der Waals surface area contributed by atoms with E-state index in [0.29, 0.717) is 28.0 Å². The van der Waals surface area contributed by atoms with Crippen molar-refractivity contribution in [3.05, 3.63) is 197 Å². The number of hydrogen-bond acceptors (Lipinski definition) is 3. The maximum atomic E-state index is 8.79. The molecule has 0 saturated carbocycles. The fraction of sp³-hybridized carbons (Fsp3) is 0.275. The Balaban J connectivity index is 0.000000364. The Kier molecular flexibility index (Phi) is 13.0. The fourth-order valence-corrected chi connectivity index (χ4v) is 10.2. The van der Waals surface area contributed by atoms with Gasteiger partial charge in [0.1, 0.15) is 5.58 Å². The second kappa shape index (κ2) is 19.9. The maximum Gasteiger partial charge on any atom is 0.121 e. The van der Waals surface area contributed by atoms with Crippen LogP contribution in [0.5, 0.6) is 0 Å². The monoisotopic (exact) mass is 1150 g/mol. The Bertz CT molecular complexity index is 3930. The van der Waals surface area contributed by atoms with Crippen LogP contribution in [0.2, 0.25) is 0 Å². The molecule has 0 N–H and O–H groups in total. The molecule has 0 unspecified atom stereocenters. The maximum absolute atomic E-state index is 8.79. The number of aromatic nitrogens is 3. The van der Waals surface area contributed by atoms with Gasteiger partial charge in [-0.3, -0.25) is 4.98 Å². The summed E-state index contributed by atoms with van der Waals surface area (Å²) in [6.07, 6.45) is 1.87. The van der Waals surface area contributed by atoms with Crippen molar-refractivity contribution in [3.63, 3.8) is 0 Å². The van der Waals surface area contributed by atoms with Gasteiger partial charge in [0.15, 0.2) is 0 Å². The van der Waals surface area contributed by atoms with E-state index in [-0.39, 0.29) is 53.7 Å². The van der Waals surface area contributed by atoms with E-state index in [4.69, 9.17) is 13.5 Å². The van der Waals surface area contributed by atoms with E-state index in [1.807, 2.05) is 42.6 Å². The summed E-state index contributed by atoms with van der Waals surface area (Å²) in [4.78, 5) is 9.72. The Hall–Kier alpha value is -6.65. The molecule has 1 radical (unpaired) electrons. The molecule has 8 aromatic carbocycles. The van der Waals surface area contributed by atoms with Crippen molar-refractivity contribution in [3.8, 4) is 39.5 Å². The van der Waals surface area contributed by atoms with E-state index >= 15 is 0 Å². The molecule has 74 heavy (non-hydrogen) atoms. The SMILES string of the molecule is CC(C)(C)c1ccnc(-c2[c-]cccc2)c1.[2H]C([2H])([2H])c1cccc2nc(-c3[c-]ccc4c3oc3cc5ccc6ccccc6c5cc34)n(-c3c(C(C)C)cc(-c4cc(C(C)(C)C)cc(C(C)(C)C)c4)cc3C(C)C)c12.[Ir]. The molecule has 0 saturated heterocycles. The first-order valence-corrected chi connectivity index (χ1v) is 25.9. The summed E-state index contributed by atoms with van der Waals surface area (Å²) in [7, 11) is 0. The van der Waals surface area contributed by atoms with Gasteiger partial charge in [-0.25, -0.2) is 0 Å². The molecule has 0 bridgehead atoms. The van der Waals surface area contributed by atoms with E-state index in [0.717, 1.165) is 60.8 Å². The third-order valence-corrected chi connectivity index (χ3v) is 14.4. The van der Waals surface area contributed by atoms with Crippen molar-refractivity contribution in [1.29, 1.82) is 0 Å². The smallest absolute Gasteiger partial charge is 0.121 e. The quantitative estimate of drug-likeness (QED) is 0.123. The Morgan fingerprint density at radius 1 is 0.568 bits per heavy atom. The Morgan fingerprint density at radius 2 is 1.23 bits per heavy atom. The average molecular weight is 1150 g/mol. The van der Waals surface area contributed by atoms with Crippen molar-refractivity contribution >= 4 is 54.5 Å². The first kappa shape index (κ1) is 48.3. The summed E-state index contributed by atoms with van der Waals surface area (Å²) >= 11 is 0. The van der Waals surface area contributed by atoms with E-state index < -0.39 is 6.85 Å². The predicted octanol–water partition coefficient (Wildman–Crippen LogP) is 19.4. The molecule has 0 amide bonds. The number of benzene rings is 8. The van der Waals surface area contributed by atoms with Crippen molar-refractivity contribution in [2.24, 2.45) is 0 Å². The van der Waals surface area contributed by atoms with Crippen LogP contribution >= 0.6 is 0 Å². The van der Waals surface area contributed by atoms with E-state index in [1.54, 1.807) is 12.1 Å². The van der Waals surface area contributed by atoms with E-state index in [9.17, 15) is 0 Å². The number of hydrogen-bond donors (Lipinski definition) is 0. The molecule has 377 valence electrons. The number of imidazole rings is 1. The van der Waals surface area contributed by atoms with Crippen LogP contribution in [0.15, 0.2) is 156 Å². The van der Waals surface area contributed by atoms with Gasteiger partial charge >= 0.3 is 0 Å². The minimum absolute atomic E-state index is 0. The first-order chi connectivity index (χ1) is 35.9. The van der Waals surface area contributed by atoms with Crippen molar-refractivity contribution in [2.75, 3.05) is 0 Å². The fourth-order valence-electron chi connectivity index (χ4n) is 10.2. The summed E-state index contributed by atoms with van der Waals surface area (Å²) < 4.78 is 35.4. The van der Waals surface area contributed by atoms with Gasteiger partial charge in [0, 0.05) is 41.5 Å². The van der Waals surface area contributed by atoms with Crippen molar-refractivity contribution in [2.45, 2.75) is 125 Å². The third kappa shape index (κ3) is 9.90. The van der Waals surface area contributed by atoms with Gasteiger partial charge in [-0.15, -0.1) is 54.1 Å². The van der Waals surface area contributed by atoms with Crippen LogP contribution < -0.4 is 0 Å². The van der Waals surface area contributed by atoms with Crippen LogP contribution in [0.1, 0.15) is 139 Å². The molecule has 3 heterocycles. The molecule has 11 aromatic rings. The zero-order valence-electron chi connectivity index (χ0n) is 48.2. The number of fused-ring (bicyclic) bond motifs is 7. The molecule has 4 nitrogen and oxygen atoms in total. The van der Waals surface area contributed by atoms with Crippen LogP contribution in [-0.4, -0.2) is 14.5 Å². The van der Waals surface area contributed by atoms with Gasteiger partial charge in [-0.2, -0.15) is 0 Å². The molecular formula is C69H69IrN3O-2. The number of furan rings is 1. The predicted molar refractivity (Wildman–Crippen MR) is 311 cm³/mol. The average Bonchev–Trinajstić information content (AvgIpc) is 4.04. The van der Waals surface area contributed by atoms with Crippen molar-refractivity contribution in [1.82, 2.24) is 14.5 Å². The molecule has 0 atom stereocenters. The number of para-hydroxylation sites is 1. The second-order valence-electron chi connectivity index (χ2n) is 23.6. The van der Waals surface area contributed by atoms with Gasteiger partial charge in [0.2, 0.25) is 0 Å². The normalized spacial score (nSPS) is 13.1. The molecule has 0 spiro atoms. The number of pyridine rings is 1. The summed E-state index contributed by atoms with van der Waals surface area (Å²) in [5, 5.41) is 6.62. The molecule has 0 aliphatic heterocycles. The van der Waals surface area contributed by atoms with Gasteiger partial charge in [0.25, 0.3) is 0 Å². The third-order valence-electron chi connectivity index (χ3n) is 14.4. The number of rotatable bonds is 6. The van der Waals surface area contributed by atoms with Crippen LogP contribution in [0.3, 0.4) is 0 Å². The largest absolute Gasteiger partial charge is 0.501 e. The number of nitrogens with zero attached hydrogens (tertiary/aromatic N) is 3. The first-order valence-electron chi connectivity index (χ1n) is 27.4. The minimum Gasteiger partial charge on any atom is -0.501 e. The zero-order valence-corrected chi connectivity index (χ0v) is 47.6. The molecular weight excluding hydrogens is 1080 g/mol. The van der Waals surface area contributed by atoms with Crippen LogP contribution in [0.4, 0.5) is 0 Å². The number of aryl methyl sites for hydroxylation is 1.